The third-order valence-electron chi connectivity index (χ3n) is 2.40. The Kier molecular flexibility index (Phi) is 4.04. The molecule has 1 fully saturated rings. The summed E-state index contributed by atoms with van der Waals surface area (Å²) < 4.78 is 11.1. The van der Waals surface area contributed by atoms with Crippen LogP contribution < -0.4 is 5.73 Å². The van der Waals surface area contributed by atoms with Gasteiger partial charge in [0, 0.05) is 6.54 Å². The first kappa shape index (κ1) is 14.3. The van der Waals surface area contributed by atoms with E-state index < -0.39 is 5.60 Å². The summed E-state index contributed by atoms with van der Waals surface area (Å²) in [5.74, 6) is 0. The van der Waals surface area contributed by atoms with Crippen molar-refractivity contribution in [3.8, 4) is 0 Å². The van der Waals surface area contributed by atoms with Crippen molar-refractivity contribution >= 4 is 6.09 Å². The summed E-state index contributed by atoms with van der Waals surface area (Å²) in [7, 11) is 0. The minimum absolute atomic E-state index is 0.119. The Morgan fingerprint density at radius 1 is 1.53 bits per heavy atom. The third-order valence-corrected chi connectivity index (χ3v) is 2.40. The van der Waals surface area contributed by atoms with Crippen LogP contribution in [0, 0.1) is 0 Å². The van der Waals surface area contributed by atoms with E-state index in [9.17, 15) is 4.79 Å². The standard InChI is InChI=1S/C12H24N2O3/c1-11(2,3)17-10(15)14-7-9(6-13)16-12(4,5)8-14/h9H,6-8,13H2,1-5H3. The molecule has 17 heavy (non-hydrogen) atoms. The van der Waals surface area contributed by atoms with Crippen molar-refractivity contribution < 1.29 is 14.3 Å². The zero-order valence-electron chi connectivity index (χ0n) is 11.4. The predicted molar refractivity (Wildman–Crippen MR) is 65.8 cm³/mol. The maximum atomic E-state index is 12.0. The van der Waals surface area contributed by atoms with Crippen LogP contribution in [-0.4, -0.2) is 47.9 Å². The molecule has 1 unspecified atom stereocenters. The van der Waals surface area contributed by atoms with E-state index >= 15 is 0 Å². The second-order valence-electron chi connectivity index (χ2n) is 6.10. The Labute approximate surface area is 103 Å². The molecule has 2 N–H and O–H groups in total. The number of hydrogen-bond donors (Lipinski definition) is 1. The summed E-state index contributed by atoms with van der Waals surface area (Å²) in [6, 6.07) is 0. The van der Waals surface area contributed by atoms with Gasteiger partial charge in [0.1, 0.15) is 5.60 Å². The Balaban J connectivity index is 2.67. The molecule has 1 aliphatic rings. The maximum Gasteiger partial charge on any atom is 0.410 e. The van der Waals surface area contributed by atoms with Crippen molar-refractivity contribution in [1.29, 1.82) is 0 Å². The van der Waals surface area contributed by atoms with Gasteiger partial charge in [0.15, 0.2) is 0 Å². The fourth-order valence-electron chi connectivity index (χ4n) is 1.88. The Morgan fingerprint density at radius 3 is 2.59 bits per heavy atom. The monoisotopic (exact) mass is 244 g/mol. The number of ether oxygens (including phenoxy) is 2. The zero-order valence-corrected chi connectivity index (χ0v) is 11.4. The molecule has 1 aliphatic heterocycles. The predicted octanol–water partition coefficient (Wildman–Crippen LogP) is 1.36. The van der Waals surface area contributed by atoms with Crippen LogP contribution in [0.1, 0.15) is 34.6 Å². The molecule has 0 aromatic rings. The molecule has 0 spiro atoms. The highest BCUT2D eigenvalue weighted by molar-refractivity contribution is 5.68. The Hall–Kier alpha value is -0.810. The first-order valence-corrected chi connectivity index (χ1v) is 5.99. The number of amides is 1. The van der Waals surface area contributed by atoms with E-state index in [1.165, 1.54) is 0 Å². The van der Waals surface area contributed by atoms with Gasteiger partial charge in [-0.05, 0) is 34.6 Å². The molecule has 0 aromatic heterocycles. The average Bonchev–Trinajstić information content (AvgIpc) is 2.12. The highest BCUT2D eigenvalue weighted by atomic mass is 16.6. The van der Waals surface area contributed by atoms with Crippen LogP contribution in [0.3, 0.4) is 0 Å². The fraction of sp³-hybridized carbons (Fsp3) is 0.917. The molecular weight excluding hydrogens is 220 g/mol. The number of nitrogens with two attached hydrogens (primary N) is 1. The number of nitrogens with zero attached hydrogens (tertiary/aromatic N) is 1. The first-order valence-electron chi connectivity index (χ1n) is 5.99. The zero-order chi connectivity index (χ0) is 13.3. The van der Waals surface area contributed by atoms with Crippen molar-refractivity contribution in [3.63, 3.8) is 0 Å². The summed E-state index contributed by atoms with van der Waals surface area (Å²) >= 11 is 0. The number of carbonyl (C=O) groups is 1. The van der Waals surface area contributed by atoms with Crippen LogP contribution in [0.4, 0.5) is 4.79 Å². The van der Waals surface area contributed by atoms with Gasteiger partial charge in [-0.15, -0.1) is 0 Å². The minimum Gasteiger partial charge on any atom is -0.444 e. The fourth-order valence-corrected chi connectivity index (χ4v) is 1.88. The first-order chi connectivity index (χ1) is 7.63. The number of hydrogen-bond acceptors (Lipinski definition) is 4. The lowest BCUT2D eigenvalue weighted by Crippen LogP contribution is -2.57. The second kappa shape index (κ2) is 4.82. The summed E-state index contributed by atoms with van der Waals surface area (Å²) in [4.78, 5) is 13.6. The molecule has 1 saturated heterocycles. The van der Waals surface area contributed by atoms with Crippen molar-refractivity contribution in [3.05, 3.63) is 0 Å². The summed E-state index contributed by atoms with van der Waals surface area (Å²) in [5.41, 5.74) is 4.76. The summed E-state index contributed by atoms with van der Waals surface area (Å²) in [6.45, 7) is 10.9. The van der Waals surface area contributed by atoms with Gasteiger partial charge in [-0.3, -0.25) is 0 Å². The van der Waals surface area contributed by atoms with Crippen molar-refractivity contribution in [2.45, 2.75) is 51.9 Å². The van der Waals surface area contributed by atoms with E-state index in [0.29, 0.717) is 19.6 Å². The van der Waals surface area contributed by atoms with Gasteiger partial charge in [0.2, 0.25) is 0 Å². The van der Waals surface area contributed by atoms with E-state index in [-0.39, 0.29) is 17.8 Å². The Morgan fingerprint density at radius 2 is 2.12 bits per heavy atom. The van der Waals surface area contributed by atoms with Crippen LogP contribution in [0.2, 0.25) is 0 Å². The van der Waals surface area contributed by atoms with Crippen molar-refractivity contribution in [1.82, 2.24) is 4.90 Å². The van der Waals surface area contributed by atoms with Crippen LogP contribution in [0.5, 0.6) is 0 Å². The number of rotatable bonds is 1. The van der Waals surface area contributed by atoms with E-state index in [0.717, 1.165) is 0 Å². The summed E-state index contributed by atoms with van der Waals surface area (Å²) in [5, 5.41) is 0. The molecule has 100 valence electrons. The lowest BCUT2D eigenvalue weighted by molar-refractivity contribution is -0.129. The molecule has 5 heteroatoms. The highest BCUT2D eigenvalue weighted by Crippen LogP contribution is 2.22. The molecule has 0 aliphatic carbocycles. The van der Waals surface area contributed by atoms with Crippen molar-refractivity contribution in [2.75, 3.05) is 19.6 Å². The van der Waals surface area contributed by atoms with Crippen LogP contribution in [0.15, 0.2) is 0 Å². The second-order valence-corrected chi connectivity index (χ2v) is 6.10. The SMILES string of the molecule is CC(C)(C)OC(=O)N1CC(CN)OC(C)(C)C1. The summed E-state index contributed by atoms with van der Waals surface area (Å²) in [6.07, 6.45) is -0.418. The molecule has 0 radical (unpaired) electrons. The average molecular weight is 244 g/mol. The molecule has 5 nitrogen and oxygen atoms in total. The molecular formula is C12H24N2O3. The van der Waals surface area contributed by atoms with Gasteiger partial charge >= 0.3 is 6.09 Å². The molecule has 1 atom stereocenters. The van der Waals surface area contributed by atoms with E-state index in [1.54, 1.807) is 4.90 Å². The normalized spacial score (nSPS) is 24.6. The molecule has 1 rings (SSSR count). The molecule has 0 bridgehead atoms. The van der Waals surface area contributed by atoms with Gasteiger partial charge < -0.3 is 20.1 Å². The third kappa shape index (κ3) is 4.52. The molecule has 0 aromatic carbocycles. The van der Waals surface area contributed by atoms with Crippen LogP contribution in [-0.2, 0) is 9.47 Å². The quantitative estimate of drug-likeness (QED) is 0.756. The van der Waals surface area contributed by atoms with E-state index in [1.807, 2.05) is 34.6 Å². The maximum absolute atomic E-state index is 12.0. The van der Waals surface area contributed by atoms with Crippen LogP contribution >= 0.6 is 0 Å². The van der Waals surface area contributed by atoms with Gasteiger partial charge in [-0.1, -0.05) is 0 Å². The molecule has 1 heterocycles. The van der Waals surface area contributed by atoms with Gasteiger partial charge in [-0.2, -0.15) is 0 Å². The lowest BCUT2D eigenvalue weighted by atomic mass is 10.1. The smallest absolute Gasteiger partial charge is 0.410 e. The number of carbonyl (C=O) groups excluding carboxylic acids is 1. The molecule has 0 saturated carbocycles. The highest BCUT2D eigenvalue weighted by Gasteiger charge is 2.36. The Bertz CT molecular complexity index is 284. The van der Waals surface area contributed by atoms with Gasteiger partial charge in [-0.25, -0.2) is 4.79 Å². The topological polar surface area (TPSA) is 64.8 Å². The van der Waals surface area contributed by atoms with Crippen molar-refractivity contribution in [2.24, 2.45) is 5.73 Å². The van der Waals surface area contributed by atoms with Gasteiger partial charge in [0.05, 0.1) is 24.8 Å². The number of morpholine rings is 1. The minimum atomic E-state index is -0.474. The van der Waals surface area contributed by atoms with E-state index in [4.69, 9.17) is 15.2 Å². The van der Waals surface area contributed by atoms with E-state index in [2.05, 4.69) is 0 Å². The largest absolute Gasteiger partial charge is 0.444 e. The van der Waals surface area contributed by atoms with Crippen LogP contribution in [0.25, 0.3) is 0 Å². The van der Waals surface area contributed by atoms with Gasteiger partial charge in [0.25, 0.3) is 0 Å². The molecule has 1 amide bonds. The lowest BCUT2D eigenvalue weighted by Gasteiger charge is -2.42.